The van der Waals surface area contributed by atoms with Crippen LogP contribution in [0.1, 0.15) is 15.9 Å². The van der Waals surface area contributed by atoms with Crippen LogP contribution in [0.4, 0.5) is 29.3 Å². The highest BCUT2D eigenvalue weighted by atomic mass is 19.4. The Kier molecular flexibility index (Phi) is 4.74. The maximum atomic E-state index is 12.9. The van der Waals surface area contributed by atoms with E-state index in [4.69, 9.17) is 10.9 Å². The number of benzene rings is 2. The summed E-state index contributed by atoms with van der Waals surface area (Å²) in [6.07, 6.45) is -4.61. The van der Waals surface area contributed by atoms with Gasteiger partial charge in [0.15, 0.2) is 0 Å². The first-order chi connectivity index (χ1) is 11.3. The number of alkyl halides is 3. The van der Waals surface area contributed by atoms with E-state index in [9.17, 15) is 22.8 Å². The van der Waals surface area contributed by atoms with Crippen LogP contribution < -0.4 is 16.1 Å². The Morgan fingerprint density at radius 1 is 1.08 bits per heavy atom. The average molecular weight is 339 g/mol. The number of amides is 3. The lowest BCUT2D eigenvalue weighted by atomic mass is 10.1. The summed E-state index contributed by atoms with van der Waals surface area (Å²) in [6, 6.07) is 8.36. The Balaban J connectivity index is 2.61. The topological polar surface area (TPSA) is 95.7 Å². The maximum absolute atomic E-state index is 12.9. The molecule has 0 bridgehead atoms. The number of halogens is 3. The normalized spacial score (nSPS) is 11.0. The molecule has 0 unspecified atom stereocenters. The third-order valence-electron chi connectivity index (χ3n) is 3.14. The number of urea groups is 1. The number of nitrogens with two attached hydrogens (primary N) is 1. The fourth-order valence-electron chi connectivity index (χ4n) is 2.13. The van der Waals surface area contributed by atoms with Crippen molar-refractivity contribution < 1.29 is 28.0 Å². The van der Waals surface area contributed by atoms with Gasteiger partial charge in [-0.05, 0) is 30.3 Å². The fraction of sp³-hybridized carbons (Fsp3) is 0.0667. The van der Waals surface area contributed by atoms with E-state index in [0.29, 0.717) is 0 Å². The van der Waals surface area contributed by atoms with Gasteiger partial charge in [-0.1, -0.05) is 18.2 Å². The molecule has 0 saturated heterocycles. The number of rotatable bonds is 3. The van der Waals surface area contributed by atoms with Gasteiger partial charge in [-0.25, -0.2) is 10.3 Å². The maximum Gasteiger partial charge on any atom is 0.416 e. The lowest BCUT2D eigenvalue weighted by molar-refractivity contribution is -0.137. The second-order valence-electron chi connectivity index (χ2n) is 4.68. The van der Waals surface area contributed by atoms with Gasteiger partial charge in [0.1, 0.15) is 0 Å². The van der Waals surface area contributed by atoms with Gasteiger partial charge in [0, 0.05) is 0 Å². The van der Waals surface area contributed by atoms with Gasteiger partial charge in [-0.2, -0.15) is 13.2 Å². The molecule has 0 aliphatic rings. The van der Waals surface area contributed by atoms with Crippen molar-refractivity contribution in [1.29, 1.82) is 0 Å². The number of hydrogen-bond acceptors (Lipinski definition) is 3. The van der Waals surface area contributed by atoms with Crippen molar-refractivity contribution in [2.45, 2.75) is 6.18 Å². The molecule has 0 heterocycles. The first-order valence-electron chi connectivity index (χ1n) is 6.56. The molecule has 2 aromatic rings. The van der Waals surface area contributed by atoms with Gasteiger partial charge in [-0.3, -0.25) is 14.9 Å². The van der Waals surface area contributed by atoms with Gasteiger partial charge in [0.05, 0.1) is 22.5 Å². The van der Waals surface area contributed by atoms with Gasteiger partial charge in [0.25, 0.3) is 5.91 Å². The SMILES string of the molecule is NC(=O)N(c1cccc(C(F)(F)F)c1)c1ccccc1C(=O)NO. The molecule has 0 aliphatic heterocycles. The van der Waals surface area contributed by atoms with Crippen molar-refractivity contribution in [1.82, 2.24) is 5.48 Å². The van der Waals surface area contributed by atoms with Crippen LogP contribution in [0.5, 0.6) is 0 Å². The van der Waals surface area contributed by atoms with Crippen LogP contribution >= 0.6 is 0 Å². The molecule has 2 aromatic carbocycles. The molecule has 0 radical (unpaired) electrons. The number of carbonyl (C=O) groups is 2. The number of anilines is 2. The van der Waals surface area contributed by atoms with Crippen LogP contribution in [-0.4, -0.2) is 17.1 Å². The van der Waals surface area contributed by atoms with E-state index in [1.165, 1.54) is 35.8 Å². The van der Waals surface area contributed by atoms with E-state index in [-0.39, 0.29) is 16.9 Å². The highest BCUT2D eigenvalue weighted by Gasteiger charge is 2.31. The molecule has 0 saturated carbocycles. The summed E-state index contributed by atoms with van der Waals surface area (Å²) in [5, 5.41) is 8.77. The summed E-state index contributed by atoms with van der Waals surface area (Å²) in [4.78, 5) is 24.2. The molecule has 6 nitrogen and oxygen atoms in total. The van der Waals surface area contributed by atoms with E-state index >= 15 is 0 Å². The van der Waals surface area contributed by atoms with Gasteiger partial charge in [0.2, 0.25) is 0 Å². The van der Waals surface area contributed by atoms with Crippen LogP contribution in [0, 0.1) is 0 Å². The largest absolute Gasteiger partial charge is 0.416 e. The van der Waals surface area contributed by atoms with Crippen LogP contribution in [0.25, 0.3) is 0 Å². The van der Waals surface area contributed by atoms with E-state index < -0.39 is 23.7 Å². The Morgan fingerprint density at radius 3 is 2.33 bits per heavy atom. The minimum absolute atomic E-state index is 0.0733. The lowest BCUT2D eigenvalue weighted by Crippen LogP contribution is -2.33. The van der Waals surface area contributed by atoms with Gasteiger partial charge < -0.3 is 5.73 Å². The number of hydrogen-bond donors (Lipinski definition) is 3. The summed E-state index contributed by atoms with van der Waals surface area (Å²) in [7, 11) is 0. The summed E-state index contributed by atoms with van der Waals surface area (Å²) >= 11 is 0. The molecular formula is C15H12F3N3O3. The quantitative estimate of drug-likeness (QED) is 0.592. The zero-order chi connectivity index (χ0) is 17.9. The second-order valence-corrected chi connectivity index (χ2v) is 4.68. The van der Waals surface area contributed by atoms with Crippen molar-refractivity contribution in [2.75, 3.05) is 4.90 Å². The van der Waals surface area contributed by atoms with Crippen LogP contribution in [0.2, 0.25) is 0 Å². The molecule has 3 amide bonds. The molecule has 0 aliphatic carbocycles. The zero-order valence-electron chi connectivity index (χ0n) is 12.0. The molecule has 0 spiro atoms. The first-order valence-corrected chi connectivity index (χ1v) is 6.56. The fourth-order valence-corrected chi connectivity index (χ4v) is 2.13. The van der Waals surface area contributed by atoms with E-state index in [2.05, 4.69) is 0 Å². The molecule has 24 heavy (non-hydrogen) atoms. The van der Waals surface area contributed by atoms with E-state index in [1.807, 2.05) is 0 Å². The third kappa shape index (κ3) is 3.46. The Hall–Kier alpha value is -3.07. The molecule has 0 atom stereocenters. The Morgan fingerprint density at radius 2 is 1.75 bits per heavy atom. The smallest absolute Gasteiger partial charge is 0.351 e. The van der Waals surface area contributed by atoms with E-state index in [1.54, 1.807) is 0 Å². The standard InChI is InChI=1S/C15H12F3N3O3/c16-15(17,18)9-4-3-5-10(8-9)21(14(19)23)12-7-2-1-6-11(12)13(22)20-24/h1-8,24H,(H2,19,23)(H,20,22). The number of nitrogens with zero attached hydrogens (tertiary/aromatic N) is 1. The van der Waals surface area contributed by atoms with Crippen LogP contribution in [-0.2, 0) is 6.18 Å². The molecule has 126 valence electrons. The number of primary amides is 1. The molecule has 2 rings (SSSR count). The average Bonchev–Trinajstić information content (AvgIpc) is 2.54. The monoisotopic (exact) mass is 339 g/mol. The number of nitrogens with one attached hydrogen (secondary N) is 1. The predicted octanol–water partition coefficient (Wildman–Crippen LogP) is 3.04. The van der Waals surface area contributed by atoms with Gasteiger partial charge in [-0.15, -0.1) is 0 Å². The third-order valence-corrected chi connectivity index (χ3v) is 3.14. The van der Waals surface area contributed by atoms with Crippen LogP contribution in [0.3, 0.4) is 0 Å². The van der Waals surface area contributed by atoms with Crippen molar-refractivity contribution in [3.8, 4) is 0 Å². The Labute approximate surface area is 134 Å². The summed E-state index contributed by atoms with van der Waals surface area (Å²) in [6.45, 7) is 0. The van der Waals surface area contributed by atoms with Crippen LogP contribution in [0.15, 0.2) is 48.5 Å². The summed E-state index contributed by atoms with van der Waals surface area (Å²) in [5.74, 6) is -0.941. The minimum Gasteiger partial charge on any atom is -0.351 e. The first kappa shape index (κ1) is 17.3. The van der Waals surface area contributed by atoms with E-state index in [0.717, 1.165) is 23.1 Å². The van der Waals surface area contributed by atoms with Crippen molar-refractivity contribution in [3.63, 3.8) is 0 Å². The predicted molar refractivity (Wildman–Crippen MR) is 78.9 cm³/mol. The van der Waals surface area contributed by atoms with Crippen molar-refractivity contribution in [2.24, 2.45) is 5.73 Å². The zero-order valence-corrected chi connectivity index (χ0v) is 12.0. The molecule has 4 N–H and O–H groups in total. The molecule has 0 aromatic heterocycles. The minimum atomic E-state index is -4.61. The number of carbonyl (C=O) groups excluding carboxylic acids is 2. The molecular weight excluding hydrogens is 327 g/mol. The number of hydroxylamine groups is 1. The highest BCUT2D eigenvalue weighted by Crippen LogP contribution is 2.34. The van der Waals surface area contributed by atoms with Crippen molar-refractivity contribution in [3.05, 3.63) is 59.7 Å². The summed E-state index contributed by atoms with van der Waals surface area (Å²) in [5.41, 5.74) is 5.32. The highest BCUT2D eigenvalue weighted by molar-refractivity contribution is 6.07. The van der Waals surface area contributed by atoms with Gasteiger partial charge >= 0.3 is 12.2 Å². The summed E-state index contributed by atoms with van der Waals surface area (Å²) < 4.78 is 38.6. The Bertz CT molecular complexity index is 778. The molecule has 9 heteroatoms. The second kappa shape index (κ2) is 6.59. The number of para-hydroxylation sites is 1. The lowest BCUT2D eigenvalue weighted by Gasteiger charge is -2.23. The van der Waals surface area contributed by atoms with Crippen molar-refractivity contribution >= 4 is 23.3 Å². The molecule has 0 fully saturated rings.